The van der Waals surface area contributed by atoms with Gasteiger partial charge in [-0.2, -0.15) is 0 Å². The molecule has 20 heavy (non-hydrogen) atoms. The highest BCUT2D eigenvalue weighted by Crippen LogP contribution is 2.28. The number of nitrogens with zero attached hydrogens (tertiary/aromatic N) is 1. The number of rotatable bonds is 5. The van der Waals surface area contributed by atoms with E-state index in [4.69, 9.17) is 5.73 Å². The molecule has 1 heterocycles. The zero-order valence-corrected chi connectivity index (χ0v) is 13.2. The van der Waals surface area contributed by atoms with Gasteiger partial charge in [0, 0.05) is 18.0 Å². The first-order valence-corrected chi connectivity index (χ1v) is 8.68. The second-order valence-corrected chi connectivity index (χ2v) is 7.25. The predicted molar refractivity (Wildman–Crippen MR) is 83.6 cm³/mol. The number of hydrogen-bond acceptors (Lipinski definition) is 4. The van der Waals surface area contributed by atoms with Crippen LogP contribution in [0.4, 0.5) is 5.69 Å². The lowest BCUT2D eigenvalue weighted by Crippen LogP contribution is -2.31. The maximum absolute atomic E-state index is 12.8. The molecule has 0 aliphatic rings. The summed E-state index contributed by atoms with van der Waals surface area (Å²) >= 11 is 1.37. The quantitative estimate of drug-likeness (QED) is 0.923. The molecule has 2 N–H and O–H groups in total. The van der Waals surface area contributed by atoms with Gasteiger partial charge in [0.25, 0.3) is 10.0 Å². The summed E-state index contributed by atoms with van der Waals surface area (Å²) < 4.78 is 26.9. The number of anilines is 1. The molecule has 0 radical (unpaired) electrons. The summed E-state index contributed by atoms with van der Waals surface area (Å²) in [6.07, 6.45) is 0. The lowest BCUT2D eigenvalue weighted by Gasteiger charge is -2.23. The molecular formula is C14H18N2O2S2. The zero-order valence-electron chi connectivity index (χ0n) is 11.5. The van der Waals surface area contributed by atoms with Crippen molar-refractivity contribution >= 4 is 27.0 Å². The van der Waals surface area contributed by atoms with Crippen molar-refractivity contribution in [2.45, 2.75) is 25.3 Å². The molecule has 0 spiro atoms. The third-order valence-electron chi connectivity index (χ3n) is 3.07. The topological polar surface area (TPSA) is 63.4 Å². The van der Waals surface area contributed by atoms with E-state index < -0.39 is 10.0 Å². The summed E-state index contributed by atoms with van der Waals surface area (Å²) in [6, 6.07) is 9.09. The Morgan fingerprint density at radius 2 is 1.85 bits per heavy atom. The molecule has 4 nitrogen and oxygen atoms in total. The molecule has 0 saturated carbocycles. The van der Waals surface area contributed by atoms with Gasteiger partial charge in [-0.3, -0.25) is 4.31 Å². The van der Waals surface area contributed by atoms with Crippen molar-refractivity contribution in [1.82, 2.24) is 0 Å². The molecule has 6 heteroatoms. The fraction of sp³-hybridized carbons (Fsp3) is 0.286. The standard InChI is InChI=1S/C14H18N2O2S2/c1-3-16(12-6-4-11(2)5-7-12)20(17,18)14-8-9-19-13(14)10-15/h4-9H,3,10,15H2,1-2H3. The van der Waals surface area contributed by atoms with Gasteiger partial charge in [0.15, 0.2) is 0 Å². The second kappa shape index (κ2) is 5.95. The summed E-state index contributed by atoms with van der Waals surface area (Å²) in [5.74, 6) is 0. The second-order valence-electron chi connectivity index (χ2n) is 4.42. The van der Waals surface area contributed by atoms with Crippen molar-refractivity contribution in [3.05, 3.63) is 46.2 Å². The van der Waals surface area contributed by atoms with Crippen LogP contribution in [-0.2, 0) is 16.6 Å². The van der Waals surface area contributed by atoms with Crippen LogP contribution in [0.25, 0.3) is 0 Å². The van der Waals surface area contributed by atoms with E-state index in [1.54, 1.807) is 11.4 Å². The van der Waals surface area contributed by atoms with Gasteiger partial charge in [0.2, 0.25) is 0 Å². The number of nitrogens with two attached hydrogens (primary N) is 1. The summed E-state index contributed by atoms with van der Waals surface area (Å²) in [6.45, 7) is 4.41. The molecule has 108 valence electrons. The van der Waals surface area contributed by atoms with E-state index in [2.05, 4.69) is 0 Å². The van der Waals surface area contributed by atoms with Crippen LogP contribution in [-0.4, -0.2) is 15.0 Å². The Balaban J connectivity index is 2.48. The largest absolute Gasteiger partial charge is 0.326 e. The molecular weight excluding hydrogens is 292 g/mol. The molecule has 2 rings (SSSR count). The highest BCUT2D eigenvalue weighted by molar-refractivity contribution is 7.93. The van der Waals surface area contributed by atoms with E-state index in [-0.39, 0.29) is 6.54 Å². The molecule has 0 bridgehead atoms. The van der Waals surface area contributed by atoms with E-state index in [0.717, 1.165) is 5.56 Å². The highest BCUT2D eigenvalue weighted by atomic mass is 32.2. The Labute approximate surface area is 123 Å². The van der Waals surface area contributed by atoms with E-state index in [1.165, 1.54) is 15.6 Å². The van der Waals surface area contributed by atoms with Crippen LogP contribution < -0.4 is 10.0 Å². The van der Waals surface area contributed by atoms with Crippen LogP contribution >= 0.6 is 11.3 Å². The summed E-state index contributed by atoms with van der Waals surface area (Å²) in [7, 11) is -3.55. The monoisotopic (exact) mass is 310 g/mol. The normalized spacial score (nSPS) is 11.6. The Morgan fingerprint density at radius 3 is 2.40 bits per heavy atom. The van der Waals surface area contributed by atoms with Crippen LogP contribution in [0.15, 0.2) is 40.6 Å². The number of sulfonamides is 1. The molecule has 0 aliphatic heterocycles. The van der Waals surface area contributed by atoms with Gasteiger partial charge in [-0.15, -0.1) is 11.3 Å². The maximum atomic E-state index is 12.8. The van der Waals surface area contributed by atoms with E-state index in [1.807, 2.05) is 38.1 Å². The number of thiophene rings is 1. The van der Waals surface area contributed by atoms with E-state index in [9.17, 15) is 8.42 Å². The fourth-order valence-corrected chi connectivity index (χ4v) is 4.81. The van der Waals surface area contributed by atoms with Gasteiger partial charge in [-0.1, -0.05) is 17.7 Å². The molecule has 0 aliphatic carbocycles. The van der Waals surface area contributed by atoms with Crippen molar-refractivity contribution in [3.8, 4) is 0 Å². The molecule has 0 amide bonds. The summed E-state index contributed by atoms with van der Waals surface area (Å²) in [5, 5.41) is 1.76. The Bertz CT molecular complexity index is 675. The Morgan fingerprint density at radius 1 is 1.20 bits per heavy atom. The third-order valence-corrected chi connectivity index (χ3v) is 6.13. The Hall–Kier alpha value is -1.37. The van der Waals surface area contributed by atoms with Gasteiger partial charge in [0.05, 0.1) is 5.69 Å². The molecule has 0 atom stereocenters. The number of hydrogen-bond donors (Lipinski definition) is 1. The molecule has 2 aromatic rings. The van der Waals surface area contributed by atoms with Crippen molar-refractivity contribution < 1.29 is 8.42 Å². The van der Waals surface area contributed by atoms with Crippen LogP contribution in [0.1, 0.15) is 17.4 Å². The van der Waals surface area contributed by atoms with Crippen LogP contribution in [0, 0.1) is 6.92 Å². The van der Waals surface area contributed by atoms with Gasteiger partial charge in [0.1, 0.15) is 4.90 Å². The maximum Gasteiger partial charge on any atom is 0.265 e. The first kappa shape index (κ1) is 15.0. The average molecular weight is 310 g/mol. The minimum absolute atomic E-state index is 0.234. The molecule has 0 unspecified atom stereocenters. The molecule has 0 saturated heterocycles. The SMILES string of the molecule is CCN(c1ccc(C)cc1)S(=O)(=O)c1ccsc1CN. The third kappa shape index (κ3) is 2.72. The highest BCUT2D eigenvalue weighted by Gasteiger charge is 2.26. The molecule has 0 fully saturated rings. The predicted octanol–water partition coefficient (Wildman–Crippen LogP) is 2.73. The molecule has 1 aromatic heterocycles. The van der Waals surface area contributed by atoms with Crippen LogP contribution in [0.2, 0.25) is 0 Å². The van der Waals surface area contributed by atoms with Crippen LogP contribution in [0.5, 0.6) is 0 Å². The fourth-order valence-electron chi connectivity index (χ4n) is 2.03. The van der Waals surface area contributed by atoms with Gasteiger partial charge < -0.3 is 5.73 Å². The number of aryl methyl sites for hydroxylation is 1. The molecule has 1 aromatic carbocycles. The Kier molecular flexibility index (Phi) is 4.47. The van der Waals surface area contributed by atoms with Gasteiger partial charge >= 0.3 is 0 Å². The van der Waals surface area contributed by atoms with Gasteiger partial charge in [-0.25, -0.2) is 8.42 Å². The van der Waals surface area contributed by atoms with E-state index in [0.29, 0.717) is 22.0 Å². The van der Waals surface area contributed by atoms with Crippen molar-refractivity contribution in [1.29, 1.82) is 0 Å². The van der Waals surface area contributed by atoms with Crippen molar-refractivity contribution in [2.75, 3.05) is 10.8 Å². The van der Waals surface area contributed by atoms with Gasteiger partial charge in [-0.05, 0) is 37.4 Å². The lowest BCUT2D eigenvalue weighted by molar-refractivity contribution is 0.591. The zero-order chi connectivity index (χ0) is 14.8. The summed E-state index contributed by atoms with van der Waals surface area (Å²) in [4.78, 5) is 1.00. The van der Waals surface area contributed by atoms with Crippen molar-refractivity contribution in [3.63, 3.8) is 0 Å². The smallest absolute Gasteiger partial charge is 0.265 e. The summed E-state index contributed by atoms with van der Waals surface area (Å²) in [5.41, 5.74) is 7.39. The lowest BCUT2D eigenvalue weighted by atomic mass is 10.2. The minimum atomic E-state index is -3.55. The first-order valence-electron chi connectivity index (χ1n) is 6.36. The van der Waals surface area contributed by atoms with Crippen molar-refractivity contribution in [2.24, 2.45) is 5.73 Å². The van der Waals surface area contributed by atoms with E-state index >= 15 is 0 Å². The van der Waals surface area contributed by atoms with Crippen LogP contribution in [0.3, 0.4) is 0 Å². The number of benzene rings is 1. The first-order chi connectivity index (χ1) is 9.50. The average Bonchev–Trinajstić information content (AvgIpc) is 2.90. The minimum Gasteiger partial charge on any atom is -0.326 e.